The molecule has 1 saturated carbocycles. The fraction of sp³-hybridized carbons (Fsp3) is 0.636. The first-order valence-corrected chi connectivity index (χ1v) is 6.47. The van der Waals surface area contributed by atoms with Crippen LogP contribution in [0.3, 0.4) is 0 Å². The van der Waals surface area contributed by atoms with Gasteiger partial charge in [-0.15, -0.1) is 0 Å². The van der Waals surface area contributed by atoms with Crippen LogP contribution in [0.2, 0.25) is 0 Å². The molecule has 3 rings (SSSR count). The molecule has 86 valence electrons. The fourth-order valence-electron chi connectivity index (χ4n) is 2.25. The molecule has 1 aromatic rings. The Labute approximate surface area is 103 Å². The van der Waals surface area contributed by atoms with E-state index in [-0.39, 0.29) is 0 Å². The summed E-state index contributed by atoms with van der Waals surface area (Å²) in [6.45, 7) is 0.863. The second-order valence-corrected chi connectivity index (χ2v) is 5.29. The number of nitrogens with zero attached hydrogens (tertiary/aromatic N) is 2. The SMILES string of the molecule is Brc1cncnc1NC1CCOC1C1CC1. The van der Waals surface area contributed by atoms with Gasteiger partial charge in [0, 0.05) is 12.8 Å². The Hall–Kier alpha value is -0.680. The molecule has 0 amide bonds. The molecule has 0 aromatic carbocycles. The van der Waals surface area contributed by atoms with Crippen LogP contribution in [0, 0.1) is 5.92 Å². The van der Waals surface area contributed by atoms with Crippen LogP contribution in [0.15, 0.2) is 17.0 Å². The Morgan fingerprint density at radius 2 is 2.25 bits per heavy atom. The van der Waals surface area contributed by atoms with Crippen molar-refractivity contribution < 1.29 is 4.74 Å². The van der Waals surface area contributed by atoms with Crippen molar-refractivity contribution in [3.63, 3.8) is 0 Å². The van der Waals surface area contributed by atoms with Gasteiger partial charge in [-0.1, -0.05) is 0 Å². The van der Waals surface area contributed by atoms with Gasteiger partial charge in [0.25, 0.3) is 0 Å². The summed E-state index contributed by atoms with van der Waals surface area (Å²) in [6.07, 6.45) is 7.40. The van der Waals surface area contributed by atoms with Gasteiger partial charge < -0.3 is 10.1 Å². The zero-order chi connectivity index (χ0) is 11.0. The zero-order valence-corrected chi connectivity index (χ0v) is 10.5. The maximum absolute atomic E-state index is 5.78. The van der Waals surface area contributed by atoms with E-state index < -0.39 is 0 Å². The lowest BCUT2D eigenvalue weighted by molar-refractivity contribution is 0.0898. The minimum Gasteiger partial charge on any atom is -0.376 e. The Morgan fingerprint density at radius 3 is 3.00 bits per heavy atom. The number of aromatic nitrogens is 2. The van der Waals surface area contributed by atoms with Crippen LogP contribution in [0.25, 0.3) is 0 Å². The Kier molecular flexibility index (Phi) is 2.81. The topological polar surface area (TPSA) is 47.0 Å². The van der Waals surface area contributed by atoms with Crippen molar-refractivity contribution >= 4 is 21.7 Å². The van der Waals surface area contributed by atoms with Crippen molar-refractivity contribution in [2.24, 2.45) is 5.92 Å². The van der Waals surface area contributed by atoms with Gasteiger partial charge in [0.2, 0.25) is 0 Å². The summed E-state index contributed by atoms with van der Waals surface area (Å²) in [7, 11) is 0. The van der Waals surface area contributed by atoms with Gasteiger partial charge in [0.05, 0.1) is 16.6 Å². The summed E-state index contributed by atoms with van der Waals surface area (Å²) in [5.41, 5.74) is 0. The van der Waals surface area contributed by atoms with E-state index in [1.165, 1.54) is 12.8 Å². The molecule has 5 heteroatoms. The maximum Gasteiger partial charge on any atom is 0.144 e. The van der Waals surface area contributed by atoms with Crippen molar-refractivity contribution in [3.05, 3.63) is 17.0 Å². The molecule has 4 nitrogen and oxygen atoms in total. The van der Waals surface area contributed by atoms with Gasteiger partial charge in [-0.25, -0.2) is 9.97 Å². The van der Waals surface area contributed by atoms with E-state index in [1.54, 1.807) is 12.5 Å². The molecule has 1 saturated heterocycles. The first-order chi connectivity index (χ1) is 7.84. The summed E-state index contributed by atoms with van der Waals surface area (Å²) in [5.74, 6) is 1.64. The number of hydrogen-bond donors (Lipinski definition) is 1. The number of rotatable bonds is 3. The molecule has 2 aliphatic rings. The maximum atomic E-state index is 5.78. The Balaban J connectivity index is 1.71. The summed E-state index contributed by atoms with van der Waals surface area (Å²) >= 11 is 3.45. The monoisotopic (exact) mass is 283 g/mol. The molecular weight excluding hydrogens is 270 g/mol. The van der Waals surface area contributed by atoms with Crippen LogP contribution in [0.4, 0.5) is 5.82 Å². The van der Waals surface area contributed by atoms with Crippen molar-refractivity contribution in [2.75, 3.05) is 11.9 Å². The van der Waals surface area contributed by atoms with Crippen LogP contribution in [-0.2, 0) is 4.74 Å². The normalized spacial score (nSPS) is 29.3. The van der Waals surface area contributed by atoms with E-state index in [0.29, 0.717) is 12.1 Å². The van der Waals surface area contributed by atoms with E-state index in [1.807, 2.05) is 0 Å². The molecule has 1 N–H and O–H groups in total. The van der Waals surface area contributed by atoms with E-state index in [4.69, 9.17) is 4.74 Å². The van der Waals surface area contributed by atoms with Gasteiger partial charge in [0.1, 0.15) is 12.1 Å². The highest BCUT2D eigenvalue weighted by Crippen LogP contribution is 2.39. The molecule has 0 spiro atoms. The number of anilines is 1. The number of halogens is 1. The lowest BCUT2D eigenvalue weighted by Gasteiger charge is -2.20. The molecule has 0 bridgehead atoms. The van der Waals surface area contributed by atoms with Crippen LogP contribution in [0.5, 0.6) is 0 Å². The van der Waals surface area contributed by atoms with Crippen molar-refractivity contribution in [3.8, 4) is 0 Å². The van der Waals surface area contributed by atoms with Crippen molar-refractivity contribution in [1.29, 1.82) is 0 Å². The number of hydrogen-bond acceptors (Lipinski definition) is 4. The van der Waals surface area contributed by atoms with E-state index >= 15 is 0 Å². The highest BCUT2D eigenvalue weighted by molar-refractivity contribution is 9.10. The average Bonchev–Trinajstić information content (AvgIpc) is 3.03. The van der Waals surface area contributed by atoms with Crippen LogP contribution < -0.4 is 5.32 Å². The second-order valence-electron chi connectivity index (χ2n) is 4.43. The first-order valence-electron chi connectivity index (χ1n) is 5.68. The number of nitrogens with one attached hydrogen (secondary N) is 1. The second kappa shape index (κ2) is 4.30. The zero-order valence-electron chi connectivity index (χ0n) is 8.90. The minimum atomic E-state index is 0.377. The van der Waals surface area contributed by atoms with Crippen molar-refractivity contribution in [1.82, 2.24) is 9.97 Å². The third kappa shape index (κ3) is 2.06. The van der Waals surface area contributed by atoms with Gasteiger partial charge in [-0.3, -0.25) is 0 Å². The molecule has 1 aliphatic carbocycles. The van der Waals surface area contributed by atoms with Gasteiger partial charge in [-0.2, -0.15) is 0 Å². The molecule has 2 unspecified atom stereocenters. The summed E-state index contributed by atoms with van der Waals surface area (Å²) < 4.78 is 6.69. The van der Waals surface area contributed by atoms with Gasteiger partial charge in [0.15, 0.2) is 0 Å². The smallest absolute Gasteiger partial charge is 0.144 e. The molecule has 16 heavy (non-hydrogen) atoms. The molecule has 0 radical (unpaired) electrons. The van der Waals surface area contributed by atoms with E-state index in [2.05, 4.69) is 31.2 Å². The predicted molar refractivity (Wildman–Crippen MR) is 64.2 cm³/mol. The Bertz CT molecular complexity index is 383. The third-order valence-corrected chi connectivity index (χ3v) is 3.79. The molecule has 2 heterocycles. The largest absolute Gasteiger partial charge is 0.376 e. The highest BCUT2D eigenvalue weighted by Gasteiger charge is 2.40. The van der Waals surface area contributed by atoms with Gasteiger partial charge in [-0.05, 0) is 41.1 Å². The van der Waals surface area contributed by atoms with Crippen LogP contribution in [0.1, 0.15) is 19.3 Å². The van der Waals surface area contributed by atoms with Crippen molar-refractivity contribution in [2.45, 2.75) is 31.4 Å². The molecule has 2 fully saturated rings. The predicted octanol–water partition coefficient (Wildman–Crippen LogP) is 2.22. The lowest BCUT2D eigenvalue weighted by atomic mass is 10.1. The molecular formula is C11H14BrN3O. The molecule has 2 atom stereocenters. The fourth-order valence-corrected chi connectivity index (χ4v) is 2.58. The lowest BCUT2D eigenvalue weighted by Crippen LogP contribution is -2.31. The molecule has 1 aromatic heterocycles. The average molecular weight is 284 g/mol. The van der Waals surface area contributed by atoms with E-state index in [0.717, 1.165) is 29.2 Å². The summed E-state index contributed by atoms with van der Waals surface area (Å²) in [4.78, 5) is 8.19. The number of ether oxygens (including phenoxy) is 1. The summed E-state index contributed by atoms with van der Waals surface area (Å²) in [6, 6.07) is 0.402. The van der Waals surface area contributed by atoms with Gasteiger partial charge >= 0.3 is 0 Å². The third-order valence-electron chi connectivity index (χ3n) is 3.21. The van der Waals surface area contributed by atoms with Crippen LogP contribution >= 0.6 is 15.9 Å². The first kappa shape index (κ1) is 10.5. The Morgan fingerprint density at radius 1 is 1.38 bits per heavy atom. The molecule has 1 aliphatic heterocycles. The summed E-state index contributed by atoms with van der Waals surface area (Å²) in [5, 5.41) is 3.46. The van der Waals surface area contributed by atoms with Crippen LogP contribution in [-0.4, -0.2) is 28.7 Å². The standard InChI is InChI=1S/C11H14BrN3O/c12-8-5-13-6-14-11(8)15-9-3-4-16-10(9)7-1-2-7/h5-7,9-10H,1-4H2,(H,13,14,15). The quantitative estimate of drug-likeness (QED) is 0.924. The minimum absolute atomic E-state index is 0.377. The van der Waals surface area contributed by atoms with E-state index in [9.17, 15) is 0 Å². The highest BCUT2D eigenvalue weighted by atomic mass is 79.9.